The summed E-state index contributed by atoms with van der Waals surface area (Å²) in [4.78, 5) is 0. The van der Waals surface area contributed by atoms with Gasteiger partial charge in [-0.15, -0.1) is 10.2 Å². The lowest BCUT2D eigenvalue weighted by Crippen LogP contribution is -2.28. The normalized spacial score (nSPS) is 20.9. The van der Waals surface area contributed by atoms with E-state index in [1.165, 1.54) is 31.5 Å². The first-order chi connectivity index (χ1) is 8.93. The second-order valence-corrected chi connectivity index (χ2v) is 5.33. The lowest BCUT2D eigenvalue weighted by Gasteiger charge is -2.22. The van der Waals surface area contributed by atoms with Gasteiger partial charge in [-0.3, -0.25) is 0 Å². The van der Waals surface area contributed by atoms with Crippen molar-refractivity contribution in [2.24, 2.45) is 5.92 Å². The van der Waals surface area contributed by atoms with Crippen molar-refractivity contribution in [2.75, 3.05) is 19.8 Å². The molecule has 0 bridgehead atoms. The van der Waals surface area contributed by atoms with Crippen molar-refractivity contribution in [2.45, 2.75) is 45.2 Å². The fraction of sp³-hybridized carbons (Fsp3) is 0.846. The summed E-state index contributed by atoms with van der Waals surface area (Å²) in [5.74, 6) is 3.04. The molecule has 0 aromatic carbocycles. The van der Waals surface area contributed by atoms with Crippen molar-refractivity contribution in [3.8, 4) is 0 Å². The molecule has 0 unspecified atom stereocenters. The number of aryl methyl sites for hydroxylation is 1. The third-order valence-corrected chi connectivity index (χ3v) is 3.99. The van der Waals surface area contributed by atoms with Crippen molar-refractivity contribution < 1.29 is 4.74 Å². The largest absolute Gasteiger partial charge is 0.381 e. The van der Waals surface area contributed by atoms with E-state index in [9.17, 15) is 0 Å². The Morgan fingerprint density at radius 2 is 2.11 bits per heavy atom. The fourth-order valence-electron chi connectivity index (χ4n) is 2.84. The first-order valence-electron chi connectivity index (χ1n) is 7.13. The van der Waals surface area contributed by atoms with Crippen LogP contribution in [0, 0.1) is 5.92 Å². The Labute approximate surface area is 108 Å². The third kappa shape index (κ3) is 2.72. The van der Waals surface area contributed by atoms with Gasteiger partial charge in [0.2, 0.25) is 0 Å². The number of rotatable bonds is 4. The second kappa shape index (κ2) is 5.80. The molecule has 2 aliphatic heterocycles. The maximum atomic E-state index is 5.37. The van der Waals surface area contributed by atoms with E-state index in [0.717, 1.165) is 51.0 Å². The topological polar surface area (TPSA) is 52.0 Å². The number of nitrogens with one attached hydrogen (secondary N) is 1. The van der Waals surface area contributed by atoms with Crippen molar-refractivity contribution in [3.05, 3.63) is 11.6 Å². The van der Waals surface area contributed by atoms with Crippen LogP contribution in [0.3, 0.4) is 0 Å². The van der Waals surface area contributed by atoms with E-state index in [2.05, 4.69) is 20.1 Å². The van der Waals surface area contributed by atoms with Gasteiger partial charge in [0.15, 0.2) is 0 Å². The first kappa shape index (κ1) is 12.1. The van der Waals surface area contributed by atoms with E-state index in [1.54, 1.807) is 0 Å². The predicted molar refractivity (Wildman–Crippen MR) is 68.2 cm³/mol. The molecule has 0 aliphatic carbocycles. The third-order valence-electron chi connectivity index (χ3n) is 3.99. The van der Waals surface area contributed by atoms with Crippen LogP contribution >= 0.6 is 0 Å². The maximum Gasteiger partial charge on any atom is 0.147 e. The van der Waals surface area contributed by atoms with Crippen LogP contribution in [0.25, 0.3) is 0 Å². The Bertz CT molecular complexity index is 384. The highest BCUT2D eigenvalue weighted by atomic mass is 16.5. The van der Waals surface area contributed by atoms with E-state index in [4.69, 9.17) is 4.74 Å². The van der Waals surface area contributed by atoms with Gasteiger partial charge in [-0.1, -0.05) is 0 Å². The molecule has 0 atom stereocenters. The van der Waals surface area contributed by atoms with Crippen LogP contribution in [0.2, 0.25) is 0 Å². The Balaban J connectivity index is 1.49. The molecule has 0 radical (unpaired) electrons. The van der Waals surface area contributed by atoms with Crippen LogP contribution in [0.15, 0.2) is 0 Å². The van der Waals surface area contributed by atoms with E-state index in [-0.39, 0.29) is 0 Å². The molecule has 1 aromatic heterocycles. The summed E-state index contributed by atoms with van der Waals surface area (Å²) in [5.41, 5.74) is 0. The van der Waals surface area contributed by atoms with Gasteiger partial charge in [0.1, 0.15) is 11.6 Å². The summed E-state index contributed by atoms with van der Waals surface area (Å²) in [6, 6.07) is 0. The van der Waals surface area contributed by atoms with Crippen LogP contribution in [0.5, 0.6) is 0 Å². The zero-order chi connectivity index (χ0) is 12.2. The van der Waals surface area contributed by atoms with Crippen LogP contribution in [-0.4, -0.2) is 34.5 Å². The quantitative estimate of drug-likeness (QED) is 0.870. The van der Waals surface area contributed by atoms with E-state index >= 15 is 0 Å². The van der Waals surface area contributed by atoms with Crippen molar-refractivity contribution in [1.82, 2.24) is 20.1 Å². The molecule has 1 fully saturated rings. The summed E-state index contributed by atoms with van der Waals surface area (Å²) in [5, 5.41) is 12.1. The highest BCUT2D eigenvalue weighted by molar-refractivity contribution is 4.98. The molecule has 5 heteroatoms. The molecule has 5 nitrogen and oxygen atoms in total. The Kier molecular flexibility index (Phi) is 3.90. The molecule has 0 spiro atoms. The van der Waals surface area contributed by atoms with Gasteiger partial charge in [0.05, 0.1) is 6.54 Å². The lowest BCUT2D eigenvalue weighted by atomic mass is 10.0. The van der Waals surface area contributed by atoms with Crippen molar-refractivity contribution in [3.63, 3.8) is 0 Å². The van der Waals surface area contributed by atoms with Gasteiger partial charge in [-0.25, -0.2) is 0 Å². The molecule has 3 rings (SSSR count). The summed E-state index contributed by atoms with van der Waals surface area (Å²) < 4.78 is 7.66. The standard InChI is InChI=1S/C13H22N4O/c1-2-6-17-12(3-1)15-16-13(17)10-14-9-11-4-7-18-8-5-11/h11,14H,1-10H2. The number of hydrogen-bond acceptors (Lipinski definition) is 4. The monoisotopic (exact) mass is 250 g/mol. The SMILES string of the molecule is C1CCn2c(nnc2CNCC2CCOCC2)C1. The van der Waals surface area contributed by atoms with Crippen LogP contribution in [0.1, 0.15) is 37.3 Å². The number of aromatic nitrogens is 3. The number of ether oxygens (including phenoxy) is 1. The van der Waals surface area contributed by atoms with Gasteiger partial charge in [0, 0.05) is 26.2 Å². The lowest BCUT2D eigenvalue weighted by molar-refractivity contribution is 0.0661. The Morgan fingerprint density at radius 3 is 3.00 bits per heavy atom. The number of nitrogens with zero attached hydrogens (tertiary/aromatic N) is 3. The van der Waals surface area contributed by atoms with Gasteiger partial charge >= 0.3 is 0 Å². The average molecular weight is 250 g/mol. The highest BCUT2D eigenvalue weighted by Gasteiger charge is 2.16. The van der Waals surface area contributed by atoms with E-state index < -0.39 is 0 Å². The van der Waals surface area contributed by atoms with Gasteiger partial charge in [0.25, 0.3) is 0 Å². The predicted octanol–water partition coefficient (Wildman–Crippen LogP) is 1.13. The Hall–Kier alpha value is -0.940. The molecular formula is C13H22N4O. The minimum Gasteiger partial charge on any atom is -0.381 e. The second-order valence-electron chi connectivity index (χ2n) is 5.33. The van der Waals surface area contributed by atoms with Gasteiger partial charge < -0.3 is 14.6 Å². The van der Waals surface area contributed by atoms with Crippen LogP contribution in [0.4, 0.5) is 0 Å². The molecule has 18 heavy (non-hydrogen) atoms. The average Bonchev–Trinajstić information content (AvgIpc) is 2.84. The number of fused-ring (bicyclic) bond motifs is 1. The molecule has 1 saturated heterocycles. The van der Waals surface area contributed by atoms with Crippen molar-refractivity contribution >= 4 is 0 Å². The fourth-order valence-corrected chi connectivity index (χ4v) is 2.84. The van der Waals surface area contributed by atoms with Crippen LogP contribution < -0.4 is 5.32 Å². The highest BCUT2D eigenvalue weighted by Crippen LogP contribution is 2.15. The van der Waals surface area contributed by atoms with Gasteiger partial charge in [-0.2, -0.15) is 0 Å². The zero-order valence-corrected chi connectivity index (χ0v) is 10.9. The summed E-state index contributed by atoms with van der Waals surface area (Å²) in [7, 11) is 0. The van der Waals surface area contributed by atoms with Crippen LogP contribution in [-0.2, 0) is 24.2 Å². The summed E-state index contributed by atoms with van der Waals surface area (Å²) in [6.45, 7) is 4.87. The van der Waals surface area contributed by atoms with E-state index in [1.807, 2.05) is 0 Å². The molecule has 1 N–H and O–H groups in total. The molecule has 1 aromatic rings. The molecule has 100 valence electrons. The molecular weight excluding hydrogens is 228 g/mol. The maximum absolute atomic E-state index is 5.37. The number of hydrogen-bond donors (Lipinski definition) is 1. The summed E-state index contributed by atoms with van der Waals surface area (Å²) >= 11 is 0. The molecule has 0 amide bonds. The van der Waals surface area contributed by atoms with E-state index in [0.29, 0.717) is 0 Å². The summed E-state index contributed by atoms with van der Waals surface area (Å²) in [6.07, 6.45) is 5.98. The Morgan fingerprint density at radius 1 is 1.22 bits per heavy atom. The molecule has 3 heterocycles. The first-order valence-corrected chi connectivity index (χ1v) is 7.13. The molecule has 2 aliphatic rings. The minimum atomic E-state index is 0.766. The smallest absolute Gasteiger partial charge is 0.147 e. The minimum absolute atomic E-state index is 0.766. The van der Waals surface area contributed by atoms with Gasteiger partial charge in [-0.05, 0) is 38.1 Å². The molecule has 0 saturated carbocycles. The zero-order valence-electron chi connectivity index (χ0n) is 10.9. The van der Waals surface area contributed by atoms with Crippen molar-refractivity contribution in [1.29, 1.82) is 0 Å².